The van der Waals surface area contributed by atoms with Gasteiger partial charge in [-0.3, -0.25) is 0 Å². The van der Waals surface area contributed by atoms with Crippen molar-refractivity contribution < 1.29 is 19.7 Å². The van der Waals surface area contributed by atoms with Gasteiger partial charge >= 0.3 is 220 Å². The van der Waals surface area contributed by atoms with Crippen LogP contribution in [0.15, 0.2) is 103 Å². The van der Waals surface area contributed by atoms with E-state index >= 15 is 0 Å². The summed E-state index contributed by atoms with van der Waals surface area (Å²) in [6.45, 7) is 0.909. The monoisotopic (exact) mass is 614 g/mol. The van der Waals surface area contributed by atoms with Crippen molar-refractivity contribution in [2.45, 2.75) is 49.0 Å². The van der Waals surface area contributed by atoms with Crippen LogP contribution in [-0.4, -0.2) is 38.5 Å². The SMILES string of the molecule is O=C(NCCCc1ccccc1)Nc1cccc(CC[AsH]C[C@@H](O)c2ccc(OCc3ccccc3)c(CO)c2)c1. The number of nitrogens with one attached hydrogen (secondary N) is 2. The summed E-state index contributed by atoms with van der Waals surface area (Å²) >= 11 is -0.375. The Labute approximate surface area is 249 Å². The normalized spacial score (nSPS) is 11.9. The molecule has 1 unspecified atom stereocenters. The quantitative estimate of drug-likeness (QED) is 0.0968. The van der Waals surface area contributed by atoms with Crippen molar-refractivity contribution in [2.75, 3.05) is 11.9 Å². The molecule has 2 amide bonds. The first-order valence-electron chi connectivity index (χ1n) is 14.1. The van der Waals surface area contributed by atoms with Crippen LogP contribution >= 0.6 is 0 Å². The van der Waals surface area contributed by atoms with E-state index in [1.807, 2.05) is 84.9 Å². The predicted molar refractivity (Wildman–Crippen MR) is 167 cm³/mol. The van der Waals surface area contributed by atoms with Crippen LogP contribution < -0.4 is 15.4 Å². The van der Waals surface area contributed by atoms with Gasteiger partial charge in [-0.05, 0) is 0 Å². The molecule has 0 aliphatic rings. The fourth-order valence-corrected chi connectivity index (χ4v) is 6.99. The van der Waals surface area contributed by atoms with E-state index in [2.05, 4.69) is 28.8 Å². The number of rotatable bonds is 15. The summed E-state index contributed by atoms with van der Waals surface area (Å²) in [5.41, 5.74) is 5.79. The summed E-state index contributed by atoms with van der Waals surface area (Å²) in [6.07, 6.45) is 2.18. The average Bonchev–Trinajstić information content (AvgIpc) is 3.01. The Kier molecular flexibility index (Phi) is 12.3. The van der Waals surface area contributed by atoms with Crippen molar-refractivity contribution in [3.63, 3.8) is 0 Å². The predicted octanol–water partition coefficient (Wildman–Crippen LogP) is 6.06. The number of ether oxygens (including phenoxy) is 1. The molecule has 0 radical (unpaired) electrons. The summed E-state index contributed by atoms with van der Waals surface area (Å²) in [4.78, 5) is 12.3. The molecular formula is C34H39AsN2O4. The van der Waals surface area contributed by atoms with Gasteiger partial charge in [0.1, 0.15) is 0 Å². The molecule has 0 bridgehead atoms. The van der Waals surface area contributed by atoms with E-state index in [9.17, 15) is 15.0 Å². The van der Waals surface area contributed by atoms with Crippen molar-refractivity contribution in [1.82, 2.24) is 5.32 Å². The molecule has 0 saturated carbocycles. The fourth-order valence-electron chi connectivity index (χ4n) is 4.51. The molecule has 2 atom stereocenters. The van der Waals surface area contributed by atoms with Gasteiger partial charge in [0, 0.05) is 0 Å². The molecule has 0 aliphatic heterocycles. The third kappa shape index (κ3) is 10.4. The van der Waals surface area contributed by atoms with E-state index in [1.54, 1.807) is 0 Å². The number of urea groups is 1. The molecular weight excluding hydrogens is 575 g/mol. The molecule has 214 valence electrons. The first kappa shape index (κ1) is 30.4. The van der Waals surface area contributed by atoms with Gasteiger partial charge in [-0.25, -0.2) is 0 Å². The van der Waals surface area contributed by atoms with Gasteiger partial charge in [0.2, 0.25) is 0 Å². The molecule has 4 aromatic rings. The molecule has 4 rings (SSSR count). The van der Waals surface area contributed by atoms with Crippen molar-refractivity contribution >= 4 is 27.5 Å². The van der Waals surface area contributed by atoms with Crippen molar-refractivity contribution in [3.05, 3.63) is 131 Å². The average molecular weight is 615 g/mol. The summed E-state index contributed by atoms with van der Waals surface area (Å²) in [6, 6.07) is 33.5. The van der Waals surface area contributed by atoms with Crippen molar-refractivity contribution in [2.24, 2.45) is 0 Å². The van der Waals surface area contributed by atoms with Crippen LogP contribution in [0.3, 0.4) is 0 Å². The van der Waals surface area contributed by atoms with Gasteiger partial charge in [-0.15, -0.1) is 0 Å². The van der Waals surface area contributed by atoms with Crippen molar-refractivity contribution in [3.8, 4) is 5.75 Å². The Hall–Kier alpha value is -3.57. The second-order valence-corrected chi connectivity index (χ2v) is 12.9. The number of amides is 2. The molecule has 4 N–H and O–H groups in total. The maximum absolute atomic E-state index is 12.3. The second-order valence-electron chi connectivity index (χ2n) is 9.94. The number of aliphatic hydroxyl groups excluding tert-OH is 2. The number of aliphatic hydroxyl groups is 2. The van der Waals surface area contributed by atoms with Crippen LogP contribution in [0.2, 0.25) is 10.4 Å². The van der Waals surface area contributed by atoms with Gasteiger partial charge in [0.15, 0.2) is 0 Å². The van der Waals surface area contributed by atoms with E-state index in [-0.39, 0.29) is 28.4 Å². The van der Waals surface area contributed by atoms with Crippen LogP contribution in [0.25, 0.3) is 0 Å². The first-order chi connectivity index (χ1) is 20.1. The molecule has 6 nitrogen and oxygen atoms in total. The Bertz CT molecular complexity index is 1350. The van der Waals surface area contributed by atoms with Crippen LogP contribution in [-0.2, 0) is 26.1 Å². The van der Waals surface area contributed by atoms with Gasteiger partial charge in [0.05, 0.1) is 0 Å². The van der Waals surface area contributed by atoms with E-state index < -0.39 is 6.10 Å². The van der Waals surface area contributed by atoms with Crippen LogP contribution in [0.5, 0.6) is 5.75 Å². The van der Waals surface area contributed by atoms with E-state index in [4.69, 9.17) is 4.74 Å². The Morgan fingerprint density at radius 2 is 1.56 bits per heavy atom. The summed E-state index contributed by atoms with van der Waals surface area (Å²) < 4.78 is 5.91. The Morgan fingerprint density at radius 3 is 2.32 bits per heavy atom. The van der Waals surface area contributed by atoms with E-state index in [0.717, 1.165) is 46.5 Å². The number of hydrogen-bond donors (Lipinski definition) is 4. The minimum atomic E-state index is -0.554. The van der Waals surface area contributed by atoms with Crippen LogP contribution in [0.4, 0.5) is 10.5 Å². The number of carbonyl (C=O) groups is 1. The minimum absolute atomic E-state index is 0.142. The first-order valence-corrected chi connectivity index (χ1v) is 17.0. The zero-order valence-corrected chi connectivity index (χ0v) is 25.4. The molecule has 0 heterocycles. The molecule has 0 saturated heterocycles. The number of anilines is 1. The molecule has 4 aromatic carbocycles. The summed E-state index contributed by atoms with van der Waals surface area (Å²) in [5, 5.41) is 28.3. The number of hydrogen-bond acceptors (Lipinski definition) is 4. The van der Waals surface area contributed by atoms with Crippen LogP contribution in [0.1, 0.15) is 40.3 Å². The fraction of sp³-hybridized carbons (Fsp3) is 0.265. The molecule has 0 aliphatic carbocycles. The number of aryl methyl sites for hydroxylation is 2. The van der Waals surface area contributed by atoms with E-state index in [1.165, 1.54) is 11.1 Å². The molecule has 0 aromatic heterocycles. The standard InChI is InChI=1S/C34H39AsN2O4/c38-24-30-22-29(16-17-33(30)41-25-28-11-5-2-6-12-28)32(39)23-35-19-18-27-13-7-15-31(21-27)37-34(40)36-20-8-14-26-9-3-1-4-10-26/h1-7,9-13,15-17,21-22,32,35,38-39H,8,14,18-20,23-25H2,(H2,36,37,40)/t32-/m1/s1. The molecule has 0 spiro atoms. The van der Waals surface area contributed by atoms with Gasteiger partial charge < -0.3 is 0 Å². The van der Waals surface area contributed by atoms with Gasteiger partial charge in [-0.1, -0.05) is 30.3 Å². The number of benzene rings is 4. The summed E-state index contributed by atoms with van der Waals surface area (Å²) in [7, 11) is 0. The van der Waals surface area contributed by atoms with Crippen molar-refractivity contribution in [1.29, 1.82) is 0 Å². The zero-order valence-electron chi connectivity index (χ0n) is 23.3. The van der Waals surface area contributed by atoms with E-state index in [0.29, 0.717) is 24.5 Å². The third-order valence-electron chi connectivity index (χ3n) is 6.76. The third-order valence-corrected chi connectivity index (χ3v) is 9.44. The Morgan fingerprint density at radius 1 is 0.829 bits per heavy atom. The zero-order chi connectivity index (χ0) is 28.7. The Balaban J connectivity index is 1.16. The molecule has 0 fully saturated rings. The van der Waals surface area contributed by atoms with Crippen LogP contribution in [0, 0.1) is 0 Å². The number of carbonyl (C=O) groups excluding carboxylic acids is 1. The summed E-state index contributed by atoms with van der Waals surface area (Å²) in [5.74, 6) is 0.637. The van der Waals surface area contributed by atoms with Gasteiger partial charge in [0.25, 0.3) is 0 Å². The topological polar surface area (TPSA) is 90.8 Å². The maximum atomic E-state index is 12.3. The van der Waals surface area contributed by atoms with Gasteiger partial charge in [-0.2, -0.15) is 0 Å². The second kappa shape index (κ2) is 16.6. The molecule has 41 heavy (non-hydrogen) atoms. The molecule has 7 heteroatoms.